The maximum absolute atomic E-state index is 14.1. The van der Waals surface area contributed by atoms with Crippen molar-refractivity contribution in [2.24, 2.45) is 5.16 Å². The summed E-state index contributed by atoms with van der Waals surface area (Å²) >= 11 is 0. The molecular weight excluding hydrogens is 406 g/mol. The molecule has 6 nitrogen and oxygen atoms in total. The van der Waals surface area contributed by atoms with Crippen molar-refractivity contribution in [2.75, 3.05) is 20.3 Å². The molecule has 31 heavy (non-hydrogen) atoms. The lowest BCUT2D eigenvalue weighted by Gasteiger charge is -2.27. The molecule has 164 valence electrons. The van der Waals surface area contributed by atoms with Crippen molar-refractivity contribution in [3.63, 3.8) is 0 Å². The minimum atomic E-state index is -0.898. The zero-order valence-electron chi connectivity index (χ0n) is 17.2. The third-order valence-corrected chi connectivity index (χ3v) is 5.45. The highest BCUT2D eigenvalue weighted by atomic mass is 19.1. The number of benzene rings is 2. The summed E-state index contributed by atoms with van der Waals surface area (Å²) in [4.78, 5) is 20.3. The fourth-order valence-electron chi connectivity index (χ4n) is 3.85. The lowest BCUT2D eigenvalue weighted by molar-refractivity contribution is -0.144. The van der Waals surface area contributed by atoms with Crippen molar-refractivity contribution in [2.45, 2.75) is 38.0 Å². The molecule has 2 heterocycles. The summed E-state index contributed by atoms with van der Waals surface area (Å²) in [6.07, 6.45) is 0.961. The Labute approximate surface area is 179 Å². The minimum Gasteiger partial charge on any atom is -0.497 e. The first-order valence-electron chi connectivity index (χ1n) is 10.2. The van der Waals surface area contributed by atoms with Gasteiger partial charge in [0.15, 0.2) is 0 Å². The molecule has 0 saturated carbocycles. The van der Waals surface area contributed by atoms with Gasteiger partial charge in [-0.05, 0) is 48.7 Å². The van der Waals surface area contributed by atoms with Crippen LogP contribution in [0.3, 0.4) is 0 Å². The molecule has 0 spiro atoms. The minimum absolute atomic E-state index is 0.00812. The number of hydrogen-bond donors (Lipinski definition) is 0. The van der Waals surface area contributed by atoms with Gasteiger partial charge in [0.05, 0.1) is 18.9 Å². The highest BCUT2D eigenvalue weighted by Gasteiger charge is 2.35. The standard InChI is InChI=1S/C23H24F2N2O4/c1-29-17-5-2-4-15(10-17)13-27(14-18-6-3-9-30-18)23(28)22-12-21(26-31-22)19-11-16(24)7-8-20(19)25/h2,4-5,7-8,10-11,18,22H,3,6,9,12-14H2,1H3. The molecule has 1 fully saturated rings. The van der Waals surface area contributed by atoms with Crippen LogP contribution in [0.2, 0.25) is 0 Å². The van der Waals surface area contributed by atoms with Crippen LogP contribution in [0.15, 0.2) is 47.6 Å². The van der Waals surface area contributed by atoms with Gasteiger partial charge in [0, 0.05) is 31.7 Å². The van der Waals surface area contributed by atoms with Crippen LogP contribution >= 0.6 is 0 Å². The molecular formula is C23H24F2N2O4. The van der Waals surface area contributed by atoms with E-state index in [0.717, 1.165) is 36.6 Å². The second kappa shape index (κ2) is 9.43. The molecule has 2 aromatic rings. The maximum Gasteiger partial charge on any atom is 0.267 e. The summed E-state index contributed by atoms with van der Waals surface area (Å²) in [5.74, 6) is -0.753. The van der Waals surface area contributed by atoms with E-state index in [4.69, 9.17) is 14.3 Å². The van der Waals surface area contributed by atoms with Crippen LogP contribution in [-0.4, -0.2) is 49.0 Å². The Morgan fingerprint density at radius 1 is 1.26 bits per heavy atom. The molecule has 2 atom stereocenters. The van der Waals surface area contributed by atoms with Gasteiger partial charge in [0.1, 0.15) is 17.4 Å². The number of ether oxygens (including phenoxy) is 2. The lowest BCUT2D eigenvalue weighted by atomic mass is 10.0. The molecule has 0 N–H and O–H groups in total. The Morgan fingerprint density at radius 2 is 2.13 bits per heavy atom. The van der Waals surface area contributed by atoms with Crippen molar-refractivity contribution in [1.29, 1.82) is 0 Å². The molecule has 2 aliphatic rings. The smallest absolute Gasteiger partial charge is 0.267 e. The van der Waals surface area contributed by atoms with Gasteiger partial charge in [-0.25, -0.2) is 8.78 Å². The number of methoxy groups -OCH3 is 1. The molecule has 8 heteroatoms. The zero-order chi connectivity index (χ0) is 21.8. The number of carbonyl (C=O) groups is 1. The molecule has 0 bridgehead atoms. The van der Waals surface area contributed by atoms with Gasteiger partial charge in [-0.1, -0.05) is 17.3 Å². The van der Waals surface area contributed by atoms with E-state index in [-0.39, 0.29) is 29.7 Å². The summed E-state index contributed by atoms with van der Waals surface area (Å²) in [5.41, 5.74) is 1.13. The first kappa shape index (κ1) is 21.2. The van der Waals surface area contributed by atoms with E-state index in [2.05, 4.69) is 5.16 Å². The summed E-state index contributed by atoms with van der Waals surface area (Å²) in [5, 5.41) is 3.87. The Bertz CT molecular complexity index is 976. The van der Waals surface area contributed by atoms with Gasteiger partial charge in [-0.3, -0.25) is 4.79 Å². The van der Waals surface area contributed by atoms with E-state index in [0.29, 0.717) is 25.4 Å². The van der Waals surface area contributed by atoms with Crippen LogP contribution in [0.5, 0.6) is 5.75 Å². The van der Waals surface area contributed by atoms with E-state index in [1.807, 2.05) is 24.3 Å². The van der Waals surface area contributed by atoms with Crippen molar-refractivity contribution in [3.8, 4) is 5.75 Å². The second-order valence-electron chi connectivity index (χ2n) is 7.67. The predicted molar refractivity (Wildman–Crippen MR) is 110 cm³/mol. The van der Waals surface area contributed by atoms with Crippen LogP contribution in [0.1, 0.15) is 30.4 Å². The van der Waals surface area contributed by atoms with Gasteiger partial charge >= 0.3 is 0 Å². The number of hydrogen-bond acceptors (Lipinski definition) is 5. The summed E-state index contributed by atoms with van der Waals surface area (Å²) < 4.78 is 38.7. The highest BCUT2D eigenvalue weighted by Crippen LogP contribution is 2.24. The fourth-order valence-corrected chi connectivity index (χ4v) is 3.85. The van der Waals surface area contributed by atoms with Gasteiger partial charge in [-0.2, -0.15) is 0 Å². The summed E-state index contributed by atoms with van der Waals surface area (Å²) in [7, 11) is 1.59. The molecule has 2 aliphatic heterocycles. The predicted octanol–water partition coefficient (Wildman–Crippen LogP) is 3.67. The first-order chi connectivity index (χ1) is 15.0. The lowest BCUT2D eigenvalue weighted by Crippen LogP contribution is -2.42. The average molecular weight is 430 g/mol. The third-order valence-electron chi connectivity index (χ3n) is 5.45. The largest absolute Gasteiger partial charge is 0.497 e. The SMILES string of the molecule is COc1cccc(CN(CC2CCCO2)C(=O)C2CC(c3cc(F)ccc3F)=NO2)c1. The van der Waals surface area contributed by atoms with E-state index in [1.165, 1.54) is 0 Å². The van der Waals surface area contributed by atoms with Gasteiger partial charge < -0.3 is 19.2 Å². The van der Waals surface area contributed by atoms with Crippen LogP contribution in [-0.2, 0) is 20.9 Å². The van der Waals surface area contributed by atoms with E-state index < -0.39 is 17.7 Å². The molecule has 0 aliphatic carbocycles. The Morgan fingerprint density at radius 3 is 2.90 bits per heavy atom. The normalized spacial score (nSPS) is 20.3. The number of oxime groups is 1. The average Bonchev–Trinajstić information content (AvgIpc) is 3.47. The van der Waals surface area contributed by atoms with E-state index in [1.54, 1.807) is 12.0 Å². The Balaban J connectivity index is 1.49. The maximum atomic E-state index is 14.1. The molecule has 1 saturated heterocycles. The van der Waals surface area contributed by atoms with E-state index >= 15 is 0 Å². The van der Waals surface area contributed by atoms with Crippen molar-refractivity contribution in [1.82, 2.24) is 4.90 Å². The highest BCUT2D eigenvalue weighted by molar-refractivity contribution is 6.04. The van der Waals surface area contributed by atoms with Crippen LogP contribution < -0.4 is 4.74 Å². The Kier molecular flexibility index (Phi) is 6.46. The number of carbonyl (C=O) groups excluding carboxylic acids is 1. The summed E-state index contributed by atoms with van der Waals surface area (Å²) in [6, 6.07) is 10.6. The third kappa shape index (κ3) is 5.02. The molecule has 1 amide bonds. The topological polar surface area (TPSA) is 60.4 Å². The van der Waals surface area contributed by atoms with Crippen molar-refractivity contribution < 1.29 is 27.9 Å². The number of amides is 1. The Hall–Kier alpha value is -3.00. The number of rotatable bonds is 7. The van der Waals surface area contributed by atoms with Crippen LogP contribution in [0.4, 0.5) is 8.78 Å². The second-order valence-corrected chi connectivity index (χ2v) is 7.67. The molecule has 2 unspecified atom stereocenters. The van der Waals surface area contributed by atoms with E-state index in [9.17, 15) is 13.6 Å². The first-order valence-corrected chi connectivity index (χ1v) is 10.2. The molecule has 0 aromatic heterocycles. The van der Waals surface area contributed by atoms with Crippen molar-refractivity contribution in [3.05, 3.63) is 65.2 Å². The fraction of sp³-hybridized carbons (Fsp3) is 0.391. The zero-order valence-corrected chi connectivity index (χ0v) is 17.2. The van der Waals surface area contributed by atoms with Crippen LogP contribution in [0.25, 0.3) is 0 Å². The van der Waals surface area contributed by atoms with Gasteiger partial charge in [-0.15, -0.1) is 0 Å². The molecule has 2 aromatic carbocycles. The van der Waals surface area contributed by atoms with Gasteiger partial charge in [0.25, 0.3) is 5.91 Å². The molecule has 4 rings (SSSR count). The molecule has 0 radical (unpaired) electrons. The van der Waals surface area contributed by atoms with Crippen molar-refractivity contribution >= 4 is 11.6 Å². The quantitative estimate of drug-likeness (QED) is 0.673. The number of halogens is 2. The van der Waals surface area contributed by atoms with Gasteiger partial charge in [0.2, 0.25) is 6.10 Å². The monoisotopic (exact) mass is 430 g/mol. The van der Waals surface area contributed by atoms with Crippen LogP contribution in [0, 0.1) is 11.6 Å². The number of nitrogens with zero attached hydrogens (tertiary/aromatic N) is 2. The summed E-state index contributed by atoms with van der Waals surface area (Å²) in [6.45, 7) is 1.44.